The van der Waals surface area contributed by atoms with Crippen molar-refractivity contribution in [1.82, 2.24) is 30.0 Å². The molecule has 3 aromatic rings. The number of imidazole rings is 1. The molecule has 3 aromatic heterocycles. The van der Waals surface area contributed by atoms with Crippen LogP contribution in [-0.4, -0.2) is 47.9 Å². The van der Waals surface area contributed by atoms with Crippen LogP contribution >= 0.6 is 0 Å². The number of carbonyl (C=O) groups excluding carboxylic acids is 1. The van der Waals surface area contributed by atoms with Crippen molar-refractivity contribution in [2.45, 2.75) is 31.5 Å². The van der Waals surface area contributed by atoms with E-state index in [4.69, 9.17) is 0 Å². The first kappa shape index (κ1) is 14.8. The number of hydrogen-bond acceptors (Lipinski definition) is 5. The average Bonchev–Trinajstić information content (AvgIpc) is 3.29. The molecule has 0 spiro atoms. The molecule has 0 aliphatic heterocycles. The highest BCUT2D eigenvalue weighted by atomic mass is 16.3. The van der Waals surface area contributed by atoms with E-state index in [1.165, 1.54) is 0 Å². The van der Waals surface area contributed by atoms with Crippen LogP contribution in [0.5, 0.6) is 0 Å². The first-order chi connectivity index (χ1) is 11.7. The van der Waals surface area contributed by atoms with Crippen LogP contribution in [-0.2, 0) is 6.54 Å². The molecule has 1 fully saturated rings. The van der Waals surface area contributed by atoms with Gasteiger partial charge in [-0.2, -0.15) is 5.10 Å². The minimum absolute atomic E-state index is 0.257. The summed E-state index contributed by atoms with van der Waals surface area (Å²) in [7, 11) is 0. The van der Waals surface area contributed by atoms with Gasteiger partial charge in [0.15, 0.2) is 0 Å². The van der Waals surface area contributed by atoms with Gasteiger partial charge in [0.1, 0.15) is 11.2 Å². The van der Waals surface area contributed by atoms with Crippen molar-refractivity contribution < 1.29 is 9.90 Å². The molecule has 124 valence electrons. The molecule has 1 aliphatic rings. The normalized spacial score (nSPS) is 23.6. The Balaban J connectivity index is 1.41. The lowest BCUT2D eigenvalue weighted by atomic mass is 10.1. The minimum atomic E-state index is -0.542. The van der Waals surface area contributed by atoms with E-state index in [9.17, 15) is 9.90 Å². The van der Waals surface area contributed by atoms with E-state index in [2.05, 4.69) is 25.5 Å². The van der Waals surface area contributed by atoms with Crippen molar-refractivity contribution in [3.8, 4) is 0 Å². The monoisotopic (exact) mass is 326 g/mol. The van der Waals surface area contributed by atoms with Crippen molar-refractivity contribution >= 4 is 16.9 Å². The average molecular weight is 326 g/mol. The fourth-order valence-corrected chi connectivity index (χ4v) is 3.31. The van der Waals surface area contributed by atoms with E-state index in [1.54, 1.807) is 30.9 Å². The number of aromatic amines is 1. The van der Waals surface area contributed by atoms with Gasteiger partial charge in [-0.1, -0.05) is 0 Å². The third-order valence-corrected chi connectivity index (χ3v) is 4.50. The Hall–Kier alpha value is -2.74. The molecule has 0 aromatic carbocycles. The zero-order chi connectivity index (χ0) is 16.5. The molecule has 0 saturated heterocycles. The molecule has 24 heavy (non-hydrogen) atoms. The highest BCUT2D eigenvalue weighted by molar-refractivity contribution is 5.94. The lowest BCUT2D eigenvalue weighted by molar-refractivity contribution is 0.0868. The van der Waals surface area contributed by atoms with Gasteiger partial charge in [-0.25, -0.2) is 9.97 Å². The number of aromatic nitrogens is 5. The number of carbonyl (C=O) groups is 1. The second-order valence-electron chi connectivity index (χ2n) is 6.24. The lowest BCUT2D eigenvalue weighted by Crippen LogP contribution is -2.40. The number of fused-ring (bicyclic) bond motifs is 1. The predicted molar refractivity (Wildman–Crippen MR) is 86.1 cm³/mol. The summed E-state index contributed by atoms with van der Waals surface area (Å²) >= 11 is 0. The molecular weight excluding hydrogens is 308 g/mol. The van der Waals surface area contributed by atoms with Gasteiger partial charge < -0.3 is 15.0 Å². The third kappa shape index (κ3) is 2.88. The second kappa shape index (κ2) is 6.04. The van der Waals surface area contributed by atoms with Crippen molar-refractivity contribution in [3.05, 3.63) is 42.7 Å². The molecule has 1 amide bonds. The molecule has 3 heterocycles. The summed E-state index contributed by atoms with van der Waals surface area (Å²) in [6, 6.07) is 3.17. The van der Waals surface area contributed by atoms with E-state index in [-0.39, 0.29) is 11.9 Å². The van der Waals surface area contributed by atoms with Crippen LogP contribution in [0, 0.1) is 5.92 Å². The molecular formula is C16H18N6O2. The van der Waals surface area contributed by atoms with Crippen molar-refractivity contribution in [2.75, 3.05) is 0 Å². The molecule has 3 atom stereocenters. The Morgan fingerprint density at radius 1 is 1.42 bits per heavy atom. The molecule has 8 nitrogen and oxygen atoms in total. The van der Waals surface area contributed by atoms with E-state index in [0.29, 0.717) is 23.5 Å². The maximum Gasteiger partial charge on any atom is 0.270 e. The zero-order valence-corrected chi connectivity index (χ0v) is 13.0. The Morgan fingerprint density at radius 3 is 3.17 bits per heavy atom. The van der Waals surface area contributed by atoms with Crippen LogP contribution in [0.25, 0.3) is 11.0 Å². The second-order valence-corrected chi connectivity index (χ2v) is 6.24. The molecule has 0 radical (unpaired) electrons. The van der Waals surface area contributed by atoms with Gasteiger partial charge in [0.25, 0.3) is 5.91 Å². The molecule has 0 bridgehead atoms. The predicted octanol–water partition coefficient (Wildman–Crippen LogP) is 0.724. The first-order valence-corrected chi connectivity index (χ1v) is 7.94. The van der Waals surface area contributed by atoms with Crippen LogP contribution in [0.3, 0.4) is 0 Å². The van der Waals surface area contributed by atoms with Crippen molar-refractivity contribution in [2.24, 2.45) is 5.92 Å². The van der Waals surface area contributed by atoms with Crippen LogP contribution in [0.15, 0.2) is 37.1 Å². The number of amides is 1. The molecule has 3 N–H and O–H groups in total. The summed E-state index contributed by atoms with van der Waals surface area (Å²) in [6.07, 6.45) is 7.85. The van der Waals surface area contributed by atoms with Gasteiger partial charge in [-0.05, 0) is 30.9 Å². The Morgan fingerprint density at radius 2 is 2.33 bits per heavy atom. The lowest BCUT2D eigenvalue weighted by Gasteiger charge is -2.16. The molecule has 1 unspecified atom stereocenters. The number of H-pyrrole nitrogens is 1. The number of nitrogens with zero attached hydrogens (tertiary/aromatic N) is 4. The van der Waals surface area contributed by atoms with E-state index in [1.807, 2.05) is 10.8 Å². The molecule has 8 heteroatoms. The smallest absolute Gasteiger partial charge is 0.270 e. The van der Waals surface area contributed by atoms with Gasteiger partial charge in [-0.15, -0.1) is 0 Å². The number of hydrogen-bond donors (Lipinski definition) is 3. The van der Waals surface area contributed by atoms with Crippen molar-refractivity contribution in [1.29, 1.82) is 0 Å². The van der Waals surface area contributed by atoms with Gasteiger partial charge >= 0.3 is 0 Å². The van der Waals surface area contributed by atoms with Crippen LogP contribution in [0.1, 0.15) is 23.3 Å². The van der Waals surface area contributed by atoms with Gasteiger partial charge in [0, 0.05) is 18.9 Å². The zero-order valence-electron chi connectivity index (χ0n) is 13.0. The summed E-state index contributed by atoms with van der Waals surface area (Å²) in [5.74, 6) is 0.0363. The molecule has 1 saturated carbocycles. The molecule has 1 aliphatic carbocycles. The SMILES string of the molecule is O=C(N[C@@H]1CC(Cn2ccnc2)C[C@H]1O)c1ccc2[nH]ncc2n1. The Kier molecular flexibility index (Phi) is 3.73. The number of nitrogens with one attached hydrogen (secondary N) is 2. The minimum Gasteiger partial charge on any atom is -0.391 e. The number of aliphatic hydroxyl groups is 1. The van der Waals surface area contributed by atoms with Crippen LogP contribution in [0.2, 0.25) is 0 Å². The maximum atomic E-state index is 12.4. The van der Waals surface area contributed by atoms with Crippen LogP contribution in [0.4, 0.5) is 0 Å². The third-order valence-electron chi connectivity index (χ3n) is 4.50. The standard InChI is InChI=1S/C16H18N6O2/c23-15-6-10(8-22-4-3-17-9-22)5-13(15)20-16(24)12-2-1-11-14(19-12)7-18-21-11/h1-4,7,9-10,13,15,23H,5-6,8H2,(H,18,21)(H,20,24)/t10?,13-,15-/m1/s1. The number of pyridine rings is 1. The number of rotatable bonds is 4. The highest BCUT2D eigenvalue weighted by Crippen LogP contribution is 2.27. The van der Waals surface area contributed by atoms with Gasteiger partial charge in [-0.3, -0.25) is 9.89 Å². The fourth-order valence-electron chi connectivity index (χ4n) is 3.31. The maximum absolute atomic E-state index is 12.4. The Labute approximate surface area is 137 Å². The molecule has 4 rings (SSSR count). The first-order valence-electron chi connectivity index (χ1n) is 7.94. The summed E-state index contributed by atoms with van der Waals surface area (Å²) in [5.41, 5.74) is 1.76. The summed E-state index contributed by atoms with van der Waals surface area (Å²) in [6.45, 7) is 0.794. The van der Waals surface area contributed by atoms with Crippen LogP contribution < -0.4 is 5.32 Å². The largest absolute Gasteiger partial charge is 0.391 e. The van der Waals surface area contributed by atoms with E-state index in [0.717, 1.165) is 18.5 Å². The van der Waals surface area contributed by atoms with E-state index >= 15 is 0 Å². The fraction of sp³-hybridized carbons (Fsp3) is 0.375. The van der Waals surface area contributed by atoms with E-state index < -0.39 is 6.10 Å². The van der Waals surface area contributed by atoms with Gasteiger partial charge in [0.2, 0.25) is 0 Å². The summed E-state index contributed by atoms with van der Waals surface area (Å²) < 4.78 is 2.00. The van der Waals surface area contributed by atoms with Gasteiger partial charge in [0.05, 0.1) is 30.2 Å². The summed E-state index contributed by atoms with van der Waals surface area (Å²) in [5, 5.41) is 19.8. The Bertz CT molecular complexity index is 843. The summed E-state index contributed by atoms with van der Waals surface area (Å²) in [4.78, 5) is 20.7. The topological polar surface area (TPSA) is 109 Å². The quantitative estimate of drug-likeness (QED) is 0.655. The van der Waals surface area contributed by atoms with Crippen molar-refractivity contribution in [3.63, 3.8) is 0 Å². The highest BCUT2D eigenvalue weighted by Gasteiger charge is 2.34. The number of aliphatic hydroxyl groups excluding tert-OH is 1.